The third-order valence-corrected chi connectivity index (χ3v) is 3.32. The third-order valence-electron chi connectivity index (χ3n) is 3.32. The number of aliphatic imine (C=N–C) groups is 1. The van der Waals surface area contributed by atoms with Crippen LogP contribution in [0.25, 0.3) is 0 Å². The molecule has 1 atom stereocenters. The Labute approximate surface area is 122 Å². The van der Waals surface area contributed by atoms with Crippen LogP contribution < -0.4 is 15.4 Å². The van der Waals surface area contributed by atoms with Crippen LogP contribution >= 0.6 is 0 Å². The van der Waals surface area contributed by atoms with Crippen LogP contribution in [0, 0.1) is 0 Å². The van der Waals surface area contributed by atoms with E-state index in [1.165, 1.54) is 5.56 Å². The fourth-order valence-corrected chi connectivity index (χ4v) is 1.97. The second kappa shape index (κ2) is 9.23. The summed E-state index contributed by atoms with van der Waals surface area (Å²) in [6.07, 6.45) is 2.17. The van der Waals surface area contributed by atoms with E-state index in [0.29, 0.717) is 5.92 Å². The molecular formula is C16H27N3O. The van der Waals surface area contributed by atoms with Gasteiger partial charge in [-0.1, -0.05) is 26.0 Å². The van der Waals surface area contributed by atoms with Gasteiger partial charge < -0.3 is 15.4 Å². The van der Waals surface area contributed by atoms with Gasteiger partial charge in [0.1, 0.15) is 5.75 Å². The van der Waals surface area contributed by atoms with Crippen LogP contribution in [0.15, 0.2) is 29.3 Å². The van der Waals surface area contributed by atoms with Gasteiger partial charge in [0.05, 0.1) is 7.11 Å². The Morgan fingerprint density at radius 1 is 1.20 bits per heavy atom. The fraction of sp³-hybridized carbons (Fsp3) is 0.562. The van der Waals surface area contributed by atoms with Crippen molar-refractivity contribution in [2.75, 3.05) is 27.2 Å². The van der Waals surface area contributed by atoms with Gasteiger partial charge >= 0.3 is 0 Å². The van der Waals surface area contributed by atoms with Crippen LogP contribution in [0.5, 0.6) is 5.75 Å². The lowest BCUT2D eigenvalue weighted by molar-refractivity contribution is 0.414. The van der Waals surface area contributed by atoms with Gasteiger partial charge in [0.25, 0.3) is 0 Å². The first-order chi connectivity index (χ1) is 9.71. The van der Waals surface area contributed by atoms with Gasteiger partial charge in [0.2, 0.25) is 0 Å². The summed E-state index contributed by atoms with van der Waals surface area (Å²) in [5.74, 6) is 2.30. The number of hydrogen-bond donors (Lipinski definition) is 2. The van der Waals surface area contributed by atoms with Crippen LogP contribution in [-0.4, -0.2) is 33.2 Å². The van der Waals surface area contributed by atoms with Gasteiger partial charge in [-0.15, -0.1) is 0 Å². The highest BCUT2D eigenvalue weighted by Gasteiger charge is 2.06. The van der Waals surface area contributed by atoms with E-state index in [1.807, 2.05) is 12.1 Å². The SMILES string of the molecule is CCCNC(=NC)NCCC(C)c1ccc(OC)cc1. The average Bonchev–Trinajstić information content (AvgIpc) is 2.50. The molecule has 0 aromatic heterocycles. The molecule has 0 fully saturated rings. The molecule has 1 aromatic carbocycles. The van der Waals surface area contributed by atoms with Gasteiger partial charge in [0, 0.05) is 20.1 Å². The molecular weight excluding hydrogens is 250 g/mol. The van der Waals surface area contributed by atoms with Gasteiger partial charge in [-0.3, -0.25) is 4.99 Å². The normalized spacial score (nSPS) is 12.9. The Bertz CT molecular complexity index is 401. The first-order valence-corrected chi connectivity index (χ1v) is 7.29. The van der Waals surface area contributed by atoms with Crippen LogP contribution in [0.1, 0.15) is 38.2 Å². The quantitative estimate of drug-likeness (QED) is 0.595. The second-order valence-corrected chi connectivity index (χ2v) is 4.89. The summed E-state index contributed by atoms with van der Waals surface area (Å²) in [7, 11) is 3.50. The molecule has 0 aliphatic rings. The summed E-state index contributed by atoms with van der Waals surface area (Å²) in [6, 6.07) is 8.29. The molecule has 0 bridgehead atoms. The molecule has 0 saturated carbocycles. The minimum atomic E-state index is 0.512. The zero-order chi connectivity index (χ0) is 14.8. The van der Waals surface area contributed by atoms with Crippen LogP contribution in [0.3, 0.4) is 0 Å². The third kappa shape index (κ3) is 5.51. The predicted octanol–water partition coefficient (Wildman–Crippen LogP) is 2.76. The molecule has 1 aromatic rings. The largest absolute Gasteiger partial charge is 0.497 e. The van der Waals surface area contributed by atoms with Gasteiger partial charge in [-0.25, -0.2) is 0 Å². The second-order valence-electron chi connectivity index (χ2n) is 4.89. The number of nitrogens with one attached hydrogen (secondary N) is 2. The van der Waals surface area contributed by atoms with Gasteiger partial charge in [0.15, 0.2) is 5.96 Å². The summed E-state index contributed by atoms with van der Waals surface area (Å²) >= 11 is 0. The molecule has 112 valence electrons. The molecule has 0 spiro atoms. The first-order valence-electron chi connectivity index (χ1n) is 7.29. The van der Waals surface area contributed by atoms with Crippen LogP contribution in [0.4, 0.5) is 0 Å². The predicted molar refractivity (Wildman–Crippen MR) is 85.7 cm³/mol. The van der Waals surface area contributed by atoms with Crippen molar-refractivity contribution >= 4 is 5.96 Å². The van der Waals surface area contributed by atoms with E-state index >= 15 is 0 Å². The molecule has 4 nitrogen and oxygen atoms in total. The summed E-state index contributed by atoms with van der Waals surface area (Å²) in [4.78, 5) is 4.20. The monoisotopic (exact) mass is 277 g/mol. The summed E-state index contributed by atoms with van der Waals surface area (Å²) in [6.45, 7) is 6.25. The van der Waals surface area contributed by atoms with E-state index in [1.54, 1.807) is 14.2 Å². The number of ether oxygens (including phenoxy) is 1. The molecule has 0 saturated heterocycles. The van der Waals surface area contributed by atoms with Crippen molar-refractivity contribution in [3.05, 3.63) is 29.8 Å². The molecule has 4 heteroatoms. The summed E-state index contributed by atoms with van der Waals surface area (Å²) in [5.41, 5.74) is 1.34. The fourth-order valence-electron chi connectivity index (χ4n) is 1.97. The molecule has 0 amide bonds. The lowest BCUT2D eigenvalue weighted by Gasteiger charge is -2.15. The number of guanidine groups is 1. The maximum absolute atomic E-state index is 5.18. The van der Waals surface area contributed by atoms with Crippen molar-refractivity contribution in [2.24, 2.45) is 4.99 Å². The summed E-state index contributed by atoms with van der Waals surface area (Å²) < 4.78 is 5.18. The highest BCUT2D eigenvalue weighted by Crippen LogP contribution is 2.21. The van der Waals surface area contributed by atoms with E-state index in [9.17, 15) is 0 Å². The minimum absolute atomic E-state index is 0.512. The highest BCUT2D eigenvalue weighted by molar-refractivity contribution is 5.79. The highest BCUT2D eigenvalue weighted by atomic mass is 16.5. The van der Waals surface area contributed by atoms with Gasteiger partial charge in [-0.2, -0.15) is 0 Å². The zero-order valence-electron chi connectivity index (χ0n) is 13.1. The van der Waals surface area contributed by atoms with Crippen molar-refractivity contribution in [3.8, 4) is 5.75 Å². The molecule has 0 aliphatic carbocycles. The minimum Gasteiger partial charge on any atom is -0.497 e. The Balaban J connectivity index is 2.36. The number of benzene rings is 1. The zero-order valence-corrected chi connectivity index (χ0v) is 13.1. The molecule has 0 radical (unpaired) electrons. The van der Waals surface area contributed by atoms with E-state index in [4.69, 9.17) is 4.74 Å². The molecule has 2 N–H and O–H groups in total. The smallest absolute Gasteiger partial charge is 0.190 e. The first kappa shape index (κ1) is 16.3. The lowest BCUT2D eigenvalue weighted by Crippen LogP contribution is -2.38. The Kier molecular flexibility index (Phi) is 7.55. The number of rotatable bonds is 7. The average molecular weight is 277 g/mol. The Morgan fingerprint density at radius 3 is 2.40 bits per heavy atom. The topological polar surface area (TPSA) is 45.7 Å². The summed E-state index contributed by atoms with van der Waals surface area (Å²) in [5, 5.41) is 6.61. The molecule has 0 heterocycles. The van der Waals surface area contributed by atoms with Crippen molar-refractivity contribution in [1.29, 1.82) is 0 Å². The van der Waals surface area contributed by atoms with Crippen molar-refractivity contribution in [3.63, 3.8) is 0 Å². The van der Waals surface area contributed by atoms with E-state index in [0.717, 1.165) is 37.6 Å². The van der Waals surface area contributed by atoms with Crippen LogP contribution in [-0.2, 0) is 0 Å². The lowest BCUT2D eigenvalue weighted by atomic mass is 9.98. The molecule has 1 unspecified atom stereocenters. The Hall–Kier alpha value is -1.71. The molecule has 1 rings (SSSR count). The van der Waals surface area contributed by atoms with E-state index in [-0.39, 0.29) is 0 Å². The van der Waals surface area contributed by atoms with Crippen molar-refractivity contribution in [1.82, 2.24) is 10.6 Å². The molecule has 0 aliphatic heterocycles. The van der Waals surface area contributed by atoms with Gasteiger partial charge in [-0.05, 0) is 36.5 Å². The Morgan fingerprint density at radius 2 is 1.85 bits per heavy atom. The number of methoxy groups -OCH3 is 1. The maximum atomic E-state index is 5.18. The van der Waals surface area contributed by atoms with Crippen LogP contribution in [0.2, 0.25) is 0 Å². The number of nitrogens with zero attached hydrogens (tertiary/aromatic N) is 1. The van der Waals surface area contributed by atoms with Crippen molar-refractivity contribution in [2.45, 2.75) is 32.6 Å². The number of hydrogen-bond acceptors (Lipinski definition) is 2. The van der Waals surface area contributed by atoms with E-state index < -0.39 is 0 Å². The maximum Gasteiger partial charge on any atom is 0.190 e. The molecule has 20 heavy (non-hydrogen) atoms. The van der Waals surface area contributed by atoms with Crippen molar-refractivity contribution < 1.29 is 4.74 Å². The standard InChI is InChI=1S/C16H27N3O/c1-5-11-18-16(17-3)19-12-10-13(2)14-6-8-15(20-4)9-7-14/h6-9,13H,5,10-12H2,1-4H3,(H2,17,18,19). The van der Waals surface area contributed by atoms with E-state index in [2.05, 4.69) is 41.6 Å².